The minimum absolute atomic E-state index is 0. The first kappa shape index (κ1) is 21.5. The van der Waals surface area contributed by atoms with Crippen molar-refractivity contribution in [2.45, 2.75) is 23.1 Å². The number of rotatable bonds is 4. The van der Waals surface area contributed by atoms with E-state index < -0.39 is 0 Å². The molecule has 0 aromatic heterocycles. The van der Waals surface area contributed by atoms with Crippen molar-refractivity contribution < 1.29 is 0 Å². The Bertz CT molecular complexity index is 946. The third kappa shape index (κ3) is 4.87. The lowest BCUT2D eigenvalue weighted by atomic mass is 9.85. The van der Waals surface area contributed by atoms with Gasteiger partial charge in [0.25, 0.3) is 0 Å². The number of nitrogens with zero attached hydrogens (tertiary/aromatic N) is 1. The Morgan fingerprint density at radius 2 is 1.79 bits per heavy atom. The summed E-state index contributed by atoms with van der Waals surface area (Å²) in [6.07, 6.45) is 0. The molecule has 0 saturated carbocycles. The van der Waals surface area contributed by atoms with E-state index in [4.69, 9.17) is 23.2 Å². The lowest BCUT2D eigenvalue weighted by Crippen LogP contribution is -2.31. The fourth-order valence-corrected chi connectivity index (χ4v) is 5.18. The van der Waals surface area contributed by atoms with Crippen LogP contribution in [0.5, 0.6) is 0 Å². The minimum Gasteiger partial charge on any atom is -0.301 e. The van der Waals surface area contributed by atoms with E-state index in [0.29, 0.717) is 5.02 Å². The predicted molar refractivity (Wildman–Crippen MR) is 124 cm³/mol. The van der Waals surface area contributed by atoms with Crippen molar-refractivity contribution >= 4 is 47.4 Å². The fourth-order valence-electron chi connectivity index (χ4n) is 3.69. The number of thioether (sulfide) groups is 1. The van der Waals surface area contributed by atoms with E-state index in [9.17, 15) is 0 Å². The molecule has 1 heterocycles. The highest BCUT2D eigenvalue weighted by atomic mass is 35.5. The van der Waals surface area contributed by atoms with Crippen molar-refractivity contribution in [1.29, 1.82) is 0 Å². The highest BCUT2D eigenvalue weighted by molar-refractivity contribution is 7.98. The van der Waals surface area contributed by atoms with Crippen molar-refractivity contribution in [2.24, 2.45) is 0 Å². The number of hydrogen-bond acceptors (Lipinski definition) is 2. The molecule has 0 aliphatic carbocycles. The zero-order valence-corrected chi connectivity index (χ0v) is 18.7. The topological polar surface area (TPSA) is 3.24 Å². The van der Waals surface area contributed by atoms with E-state index in [1.807, 2.05) is 17.8 Å². The zero-order chi connectivity index (χ0) is 18.8. The summed E-state index contributed by atoms with van der Waals surface area (Å²) in [5.74, 6) is 1.26. The predicted octanol–water partition coefficient (Wildman–Crippen LogP) is 7.28. The maximum Gasteiger partial charge on any atom is 0.0468 e. The summed E-state index contributed by atoms with van der Waals surface area (Å²) in [7, 11) is 2.15. The molecular weight excluding hydrogens is 429 g/mol. The van der Waals surface area contributed by atoms with E-state index in [1.54, 1.807) is 0 Å². The lowest BCUT2D eigenvalue weighted by Gasteiger charge is -2.33. The van der Waals surface area contributed by atoms with E-state index >= 15 is 0 Å². The summed E-state index contributed by atoms with van der Waals surface area (Å²) in [5, 5.41) is 1.48. The molecular formula is C23H22Cl3NS. The van der Waals surface area contributed by atoms with Crippen molar-refractivity contribution in [3.05, 3.63) is 99.0 Å². The van der Waals surface area contributed by atoms with E-state index in [-0.39, 0.29) is 18.3 Å². The van der Waals surface area contributed by atoms with Crippen LogP contribution in [-0.2, 0) is 12.3 Å². The molecule has 0 saturated heterocycles. The molecule has 0 N–H and O–H groups in total. The van der Waals surface area contributed by atoms with Crippen LogP contribution < -0.4 is 0 Å². The highest BCUT2D eigenvalue weighted by Crippen LogP contribution is 2.39. The molecule has 0 bridgehead atoms. The first-order chi connectivity index (χ1) is 13.1. The molecule has 1 aliphatic heterocycles. The van der Waals surface area contributed by atoms with Gasteiger partial charge in [0.05, 0.1) is 0 Å². The van der Waals surface area contributed by atoms with Crippen LogP contribution in [0.1, 0.15) is 28.2 Å². The monoisotopic (exact) mass is 449 g/mol. The van der Waals surface area contributed by atoms with Crippen LogP contribution in [-0.4, -0.2) is 18.5 Å². The molecule has 1 unspecified atom stereocenters. The first-order valence-electron chi connectivity index (χ1n) is 9.03. The van der Waals surface area contributed by atoms with Crippen LogP contribution in [0, 0.1) is 0 Å². The molecule has 3 aromatic carbocycles. The zero-order valence-electron chi connectivity index (χ0n) is 15.6. The normalized spacial score (nSPS) is 16.3. The molecule has 0 amide bonds. The second-order valence-electron chi connectivity index (χ2n) is 7.05. The van der Waals surface area contributed by atoms with Crippen LogP contribution in [0.3, 0.4) is 0 Å². The smallest absolute Gasteiger partial charge is 0.0468 e. The summed E-state index contributed by atoms with van der Waals surface area (Å²) in [4.78, 5) is 3.62. The van der Waals surface area contributed by atoms with Crippen LogP contribution in [0.2, 0.25) is 10.0 Å². The van der Waals surface area contributed by atoms with Crippen LogP contribution in [0.4, 0.5) is 0 Å². The Morgan fingerprint density at radius 3 is 2.57 bits per heavy atom. The minimum atomic E-state index is 0. The molecule has 28 heavy (non-hydrogen) atoms. The van der Waals surface area contributed by atoms with Gasteiger partial charge < -0.3 is 4.90 Å². The Balaban J connectivity index is 0.00000225. The molecule has 1 nitrogen and oxygen atoms in total. The highest BCUT2D eigenvalue weighted by Gasteiger charge is 2.27. The first-order valence-corrected chi connectivity index (χ1v) is 10.8. The van der Waals surface area contributed by atoms with Crippen molar-refractivity contribution in [1.82, 2.24) is 4.90 Å². The second kappa shape index (κ2) is 9.56. The van der Waals surface area contributed by atoms with E-state index in [1.165, 1.54) is 27.1 Å². The standard InChI is InChI=1S/C23H21Cl2NS.ClH/c1-26-13-21(20-11-18(24)12-23(25)22(20)14-26)17-8-5-9-19(10-17)27-15-16-6-3-2-4-7-16;/h2-12,21H,13-15H2,1H3;1H. The average Bonchev–Trinajstić information content (AvgIpc) is 2.67. The molecule has 0 radical (unpaired) electrons. The molecule has 0 spiro atoms. The van der Waals surface area contributed by atoms with Crippen molar-refractivity contribution in [2.75, 3.05) is 13.6 Å². The third-order valence-electron chi connectivity index (χ3n) is 5.00. The van der Waals surface area contributed by atoms with E-state index in [2.05, 4.69) is 72.6 Å². The quantitative estimate of drug-likeness (QED) is 0.384. The van der Waals surface area contributed by atoms with Gasteiger partial charge in [-0.25, -0.2) is 0 Å². The molecule has 3 aromatic rings. The summed E-state index contributed by atoms with van der Waals surface area (Å²) in [6, 6.07) is 23.4. The molecule has 4 rings (SSSR count). The van der Waals surface area contributed by atoms with Gasteiger partial charge in [-0.05, 0) is 53.6 Å². The number of halogens is 3. The third-order valence-corrected chi connectivity index (χ3v) is 6.62. The van der Waals surface area contributed by atoms with Gasteiger partial charge in [-0.2, -0.15) is 0 Å². The number of likely N-dealkylation sites (N-methyl/N-ethyl adjacent to an activating group) is 1. The van der Waals surface area contributed by atoms with Gasteiger partial charge in [0, 0.05) is 39.7 Å². The molecule has 1 atom stereocenters. The molecule has 1 aliphatic rings. The fraction of sp³-hybridized carbons (Fsp3) is 0.217. The Kier molecular flexibility index (Phi) is 7.36. The van der Waals surface area contributed by atoms with Gasteiger partial charge in [0.15, 0.2) is 0 Å². The summed E-state index contributed by atoms with van der Waals surface area (Å²) >= 11 is 14.7. The van der Waals surface area contributed by atoms with Gasteiger partial charge in [-0.15, -0.1) is 24.2 Å². The number of benzene rings is 3. The van der Waals surface area contributed by atoms with Gasteiger partial charge in [-0.3, -0.25) is 0 Å². The summed E-state index contributed by atoms with van der Waals surface area (Å²) in [6.45, 7) is 1.83. The maximum atomic E-state index is 6.50. The largest absolute Gasteiger partial charge is 0.301 e. The number of fused-ring (bicyclic) bond motifs is 1. The SMILES string of the molecule is CN1Cc2c(Cl)cc(Cl)cc2C(c2cccc(SCc3ccccc3)c2)C1.Cl. The Morgan fingerprint density at radius 1 is 1.00 bits per heavy atom. The lowest BCUT2D eigenvalue weighted by molar-refractivity contribution is 0.295. The van der Waals surface area contributed by atoms with Gasteiger partial charge in [0.2, 0.25) is 0 Å². The molecule has 5 heteroatoms. The van der Waals surface area contributed by atoms with Crippen LogP contribution in [0.25, 0.3) is 0 Å². The number of hydrogen-bond donors (Lipinski definition) is 0. The summed E-state index contributed by atoms with van der Waals surface area (Å²) < 4.78 is 0. The van der Waals surface area contributed by atoms with Crippen molar-refractivity contribution in [3.8, 4) is 0 Å². The molecule has 0 fully saturated rings. The second-order valence-corrected chi connectivity index (χ2v) is 8.94. The van der Waals surface area contributed by atoms with Crippen LogP contribution in [0.15, 0.2) is 71.6 Å². The van der Waals surface area contributed by atoms with E-state index in [0.717, 1.165) is 23.9 Å². The Hall–Kier alpha value is -1.16. The van der Waals surface area contributed by atoms with Crippen LogP contribution >= 0.6 is 47.4 Å². The molecule has 146 valence electrons. The van der Waals surface area contributed by atoms with Gasteiger partial charge in [0.1, 0.15) is 0 Å². The van der Waals surface area contributed by atoms with Gasteiger partial charge in [-0.1, -0.05) is 65.7 Å². The average molecular weight is 451 g/mol. The van der Waals surface area contributed by atoms with Crippen molar-refractivity contribution in [3.63, 3.8) is 0 Å². The summed E-state index contributed by atoms with van der Waals surface area (Å²) in [5.41, 5.74) is 5.12. The maximum absolute atomic E-state index is 6.50. The Labute approximate surface area is 187 Å². The van der Waals surface area contributed by atoms with Gasteiger partial charge >= 0.3 is 0 Å².